The van der Waals surface area contributed by atoms with Crippen LogP contribution >= 0.6 is 11.6 Å². The molecule has 3 nitrogen and oxygen atoms in total. The Morgan fingerprint density at radius 3 is 2.32 bits per heavy atom. The van der Waals surface area contributed by atoms with E-state index < -0.39 is 6.10 Å². The molecular formula is C18H28ClNO2. The van der Waals surface area contributed by atoms with Crippen LogP contribution in [0.4, 0.5) is 0 Å². The number of aliphatic hydroxyl groups excluding tert-OH is 1. The van der Waals surface area contributed by atoms with Crippen molar-refractivity contribution in [1.29, 1.82) is 0 Å². The molecule has 124 valence electrons. The maximum atomic E-state index is 10.2. The van der Waals surface area contributed by atoms with Gasteiger partial charge in [0.1, 0.15) is 18.5 Å². The molecule has 0 saturated carbocycles. The van der Waals surface area contributed by atoms with Gasteiger partial charge in [0.2, 0.25) is 0 Å². The Morgan fingerprint density at radius 2 is 1.77 bits per heavy atom. The van der Waals surface area contributed by atoms with Crippen molar-refractivity contribution in [3.63, 3.8) is 0 Å². The van der Waals surface area contributed by atoms with Crippen molar-refractivity contribution in [3.05, 3.63) is 28.3 Å². The number of aryl methyl sites for hydroxylation is 2. The average Bonchev–Trinajstić information content (AvgIpc) is 2.41. The first-order valence-corrected chi connectivity index (χ1v) is 8.53. The number of piperidine rings is 1. The zero-order valence-corrected chi connectivity index (χ0v) is 14.9. The first-order chi connectivity index (χ1) is 10.3. The molecule has 2 rings (SSSR count). The number of likely N-dealkylation sites (tertiary alicyclic amines) is 1. The third-order valence-corrected chi connectivity index (χ3v) is 4.86. The molecule has 1 heterocycles. The highest BCUT2D eigenvalue weighted by Crippen LogP contribution is 2.26. The van der Waals surface area contributed by atoms with Crippen LogP contribution in [0.1, 0.15) is 31.4 Å². The minimum atomic E-state index is -0.464. The molecule has 1 aromatic rings. The summed E-state index contributed by atoms with van der Waals surface area (Å²) in [4.78, 5) is 2.35. The summed E-state index contributed by atoms with van der Waals surface area (Å²) in [7, 11) is 0. The number of halogens is 1. The van der Waals surface area contributed by atoms with Gasteiger partial charge in [-0.3, -0.25) is 0 Å². The molecule has 3 atom stereocenters. The van der Waals surface area contributed by atoms with Gasteiger partial charge in [-0.15, -0.1) is 0 Å². The van der Waals surface area contributed by atoms with Crippen LogP contribution in [0.2, 0.25) is 5.02 Å². The number of ether oxygens (including phenoxy) is 1. The fourth-order valence-corrected chi connectivity index (χ4v) is 3.58. The highest BCUT2D eigenvalue weighted by atomic mass is 35.5. The van der Waals surface area contributed by atoms with E-state index in [1.54, 1.807) is 0 Å². The first kappa shape index (κ1) is 17.6. The Morgan fingerprint density at radius 1 is 1.23 bits per heavy atom. The quantitative estimate of drug-likeness (QED) is 0.896. The van der Waals surface area contributed by atoms with Gasteiger partial charge in [0.25, 0.3) is 0 Å². The summed E-state index contributed by atoms with van der Waals surface area (Å²) in [5.41, 5.74) is 2.01. The summed E-state index contributed by atoms with van der Waals surface area (Å²) in [5.74, 6) is 2.19. The molecule has 0 spiro atoms. The van der Waals surface area contributed by atoms with Crippen molar-refractivity contribution in [2.75, 3.05) is 26.2 Å². The second-order valence-electron chi connectivity index (χ2n) is 7.00. The highest BCUT2D eigenvalue weighted by Gasteiger charge is 2.23. The molecule has 0 aromatic heterocycles. The predicted octanol–water partition coefficient (Wildman–Crippen LogP) is 3.67. The van der Waals surface area contributed by atoms with Gasteiger partial charge in [-0.05, 0) is 55.4 Å². The van der Waals surface area contributed by atoms with Crippen molar-refractivity contribution in [2.24, 2.45) is 11.8 Å². The molecule has 22 heavy (non-hydrogen) atoms. The van der Waals surface area contributed by atoms with Crippen LogP contribution in [-0.2, 0) is 0 Å². The lowest BCUT2D eigenvalue weighted by Crippen LogP contribution is -2.44. The van der Waals surface area contributed by atoms with Crippen LogP contribution in [-0.4, -0.2) is 42.4 Å². The largest absolute Gasteiger partial charge is 0.491 e. The zero-order chi connectivity index (χ0) is 16.3. The monoisotopic (exact) mass is 325 g/mol. The van der Waals surface area contributed by atoms with Crippen LogP contribution in [0, 0.1) is 25.7 Å². The van der Waals surface area contributed by atoms with Crippen molar-refractivity contribution in [3.8, 4) is 5.75 Å². The molecule has 1 saturated heterocycles. The Bertz CT molecular complexity index is 473. The third kappa shape index (κ3) is 4.87. The Labute approximate surface area is 139 Å². The highest BCUT2D eigenvalue weighted by molar-refractivity contribution is 6.32. The molecular weight excluding hydrogens is 298 g/mol. The normalized spacial score (nSPS) is 24.3. The van der Waals surface area contributed by atoms with Crippen LogP contribution in [0.5, 0.6) is 5.75 Å². The molecule has 0 amide bonds. The minimum absolute atomic E-state index is 0.319. The summed E-state index contributed by atoms with van der Waals surface area (Å²) in [6, 6.07) is 3.85. The van der Waals surface area contributed by atoms with E-state index in [9.17, 15) is 5.11 Å². The molecule has 0 radical (unpaired) electrons. The molecule has 4 heteroatoms. The van der Waals surface area contributed by atoms with Gasteiger partial charge in [-0.1, -0.05) is 25.4 Å². The molecule has 1 fully saturated rings. The second kappa shape index (κ2) is 7.67. The molecule has 1 aromatic carbocycles. The van der Waals surface area contributed by atoms with E-state index in [1.165, 1.54) is 6.42 Å². The Kier molecular flexibility index (Phi) is 6.13. The minimum Gasteiger partial charge on any atom is -0.491 e. The third-order valence-electron chi connectivity index (χ3n) is 4.27. The molecule has 1 aliphatic heterocycles. The standard InChI is InChI=1S/C18H28ClNO2/c1-12-5-13(2)9-20(8-12)10-16(21)11-22-17-6-14(3)18(19)15(4)7-17/h6-7,12-13,16,21H,5,8-11H2,1-4H3/t12-,13-,16-/m1/s1. The van der Waals surface area contributed by atoms with Gasteiger partial charge in [0, 0.05) is 24.7 Å². The van der Waals surface area contributed by atoms with Gasteiger partial charge in [0.05, 0.1) is 0 Å². The Hall–Kier alpha value is -0.770. The van der Waals surface area contributed by atoms with Gasteiger partial charge < -0.3 is 14.7 Å². The zero-order valence-electron chi connectivity index (χ0n) is 14.1. The van der Waals surface area contributed by atoms with Gasteiger partial charge in [-0.25, -0.2) is 0 Å². The molecule has 0 unspecified atom stereocenters. The molecule has 1 aliphatic rings. The topological polar surface area (TPSA) is 32.7 Å². The SMILES string of the molecule is Cc1cc(OC[C@H](O)CN2C[C@H](C)C[C@@H](C)C2)cc(C)c1Cl. The van der Waals surface area contributed by atoms with E-state index in [1.807, 2.05) is 26.0 Å². The number of hydrogen-bond donors (Lipinski definition) is 1. The number of nitrogens with zero attached hydrogens (tertiary/aromatic N) is 1. The Balaban J connectivity index is 1.84. The lowest BCUT2D eigenvalue weighted by molar-refractivity contribution is 0.0428. The number of β-amino-alcohol motifs (C(OH)–C–C–N with tert-alkyl or cyclic N) is 1. The van der Waals surface area contributed by atoms with E-state index in [0.29, 0.717) is 25.0 Å². The van der Waals surface area contributed by atoms with Crippen molar-refractivity contribution >= 4 is 11.6 Å². The first-order valence-electron chi connectivity index (χ1n) is 8.15. The van der Waals surface area contributed by atoms with Crippen LogP contribution in [0.15, 0.2) is 12.1 Å². The summed E-state index contributed by atoms with van der Waals surface area (Å²) in [5, 5.41) is 11.0. The van der Waals surface area contributed by atoms with Crippen molar-refractivity contribution < 1.29 is 9.84 Å². The number of aliphatic hydroxyl groups is 1. The summed E-state index contributed by atoms with van der Waals surface area (Å²) in [6.07, 6.45) is 0.820. The summed E-state index contributed by atoms with van der Waals surface area (Å²) in [6.45, 7) is 11.6. The fourth-order valence-electron chi connectivity index (χ4n) is 3.47. The summed E-state index contributed by atoms with van der Waals surface area (Å²) >= 11 is 6.16. The number of benzene rings is 1. The average molecular weight is 326 g/mol. The maximum Gasteiger partial charge on any atom is 0.120 e. The molecule has 1 N–H and O–H groups in total. The van der Waals surface area contributed by atoms with E-state index in [0.717, 1.165) is 35.0 Å². The van der Waals surface area contributed by atoms with Gasteiger partial charge in [0.15, 0.2) is 0 Å². The number of rotatable bonds is 5. The smallest absolute Gasteiger partial charge is 0.120 e. The molecule has 0 bridgehead atoms. The van der Waals surface area contributed by atoms with Crippen LogP contribution in [0.3, 0.4) is 0 Å². The van der Waals surface area contributed by atoms with Crippen molar-refractivity contribution in [1.82, 2.24) is 4.90 Å². The van der Waals surface area contributed by atoms with E-state index >= 15 is 0 Å². The van der Waals surface area contributed by atoms with Gasteiger partial charge in [-0.2, -0.15) is 0 Å². The maximum absolute atomic E-state index is 10.2. The van der Waals surface area contributed by atoms with Crippen LogP contribution in [0.25, 0.3) is 0 Å². The van der Waals surface area contributed by atoms with Crippen molar-refractivity contribution in [2.45, 2.75) is 40.2 Å². The van der Waals surface area contributed by atoms with E-state index in [-0.39, 0.29) is 0 Å². The van der Waals surface area contributed by atoms with Gasteiger partial charge >= 0.3 is 0 Å². The summed E-state index contributed by atoms with van der Waals surface area (Å²) < 4.78 is 5.74. The molecule has 0 aliphatic carbocycles. The fraction of sp³-hybridized carbons (Fsp3) is 0.667. The predicted molar refractivity (Wildman–Crippen MR) is 91.8 cm³/mol. The lowest BCUT2D eigenvalue weighted by Gasteiger charge is -2.35. The van der Waals surface area contributed by atoms with E-state index in [2.05, 4.69) is 18.7 Å². The van der Waals surface area contributed by atoms with Crippen LogP contribution < -0.4 is 4.74 Å². The second-order valence-corrected chi connectivity index (χ2v) is 7.38. The van der Waals surface area contributed by atoms with E-state index in [4.69, 9.17) is 16.3 Å². The number of hydrogen-bond acceptors (Lipinski definition) is 3. The lowest BCUT2D eigenvalue weighted by atomic mass is 9.92.